The molecule has 0 bridgehead atoms. The third-order valence-corrected chi connectivity index (χ3v) is 9.03. The molecule has 0 radical (unpaired) electrons. The van der Waals surface area contributed by atoms with Gasteiger partial charge in [0.05, 0.1) is 23.8 Å². The standard InChI is InChI=1S/C26H34ClN3O5S/c27-21-10-11-25(31)24(19-21)28-26(32)20-6-4-9-23(18-20)36(33,34)30(22-7-2-1-3-8-22)13-5-12-29-14-16-35-17-15-29/h4,6,9-11,18-19,22,31H,1-3,5,7-8,12-17H2,(H,28,32). The molecule has 0 atom stereocenters. The number of nitrogens with one attached hydrogen (secondary N) is 1. The molecule has 2 aromatic rings. The SMILES string of the molecule is O=C(Nc1cc(Cl)ccc1O)c1cccc(S(=O)(=O)N(CCCN2CCOCC2)C2CCCCC2)c1. The lowest BCUT2D eigenvalue weighted by Gasteiger charge is -2.34. The fraction of sp³-hybridized carbons (Fsp3) is 0.500. The zero-order valence-electron chi connectivity index (χ0n) is 20.4. The highest BCUT2D eigenvalue weighted by atomic mass is 35.5. The number of phenols is 1. The number of hydrogen-bond acceptors (Lipinski definition) is 6. The number of sulfonamides is 1. The van der Waals surface area contributed by atoms with Crippen molar-refractivity contribution in [2.75, 3.05) is 44.7 Å². The Morgan fingerprint density at radius 2 is 1.86 bits per heavy atom. The summed E-state index contributed by atoms with van der Waals surface area (Å²) in [6, 6.07) is 10.4. The summed E-state index contributed by atoms with van der Waals surface area (Å²) in [6.07, 6.45) is 5.61. The molecule has 36 heavy (non-hydrogen) atoms. The van der Waals surface area contributed by atoms with E-state index in [4.69, 9.17) is 16.3 Å². The zero-order valence-corrected chi connectivity index (χ0v) is 21.9. The van der Waals surface area contributed by atoms with Crippen LogP contribution in [-0.2, 0) is 14.8 Å². The van der Waals surface area contributed by atoms with Crippen molar-refractivity contribution in [1.82, 2.24) is 9.21 Å². The van der Waals surface area contributed by atoms with E-state index >= 15 is 0 Å². The summed E-state index contributed by atoms with van der Waals surface area (Å²) >= 11 is 5.97. The summed E-state index contributed by atoms with van der Waals surface area (Å²) in [5, 5.41) is 13.0. The van der Waals surface area contributed by atoms with Crippen molar-refractivity contribution >= 4 is 33.2 Å². The van der Waals surface area contributed by atoms with E-state index in [1.807, 2.05) is 0 Å². The maximum absolute atomic E-state index is 13.8. The van der Waals surface area contributed by atoms with Gasteiger partial charge >= 0.3 is 0 Å². The van der Waals surface area contributed by atoms with Gasteiger partial charge in [-0.25, -0.2) is 8.42 Å². The van der Waals surface area contributed by atoms with Gasteiger partial charge in [-0.15, -0.1) is 0 Å². The van der Waals surface area contributed by atoms with E-state index in [1.165, 1.54) is 24.3 Å². The van der Waals surface area contributed by atoms with Gasteiger partial charge < -0.3 is 15.2 Å². The predicted molar refractivity (Wildman–Crippen MR) is 140 cm³/mol. The third-order valence-electron chi connectivity index (χ3n) is 6.85. The second-order valence-corrected chi connectivity index (χ2v) is 11.7. The molecular formula is C26H34ClN3O5S. The van der Waals surface area contributed by atoms with E-state index in [9.17, 15) is 18.3 Å². The fourth-order valence-corrected chi connectivity index (χ4v) is 6.82. The molecule has 4 rings (SSSR count). The number of halogens is 1. The first-order chi connectivity index (χ1) is 17.3. The van der Waals surface area contributed by atoms with Gasteiger partial charge in [-0.05, 0) is 62.2 Å². The minimum Gasteiger partial charge on any atom is -0.506 e. The first-order valence-electron chi connectivity index (χ1n) is 12.6. The number of rotatable bonds is 9. The Labute approximate surface area is 218 Å². The van der Waals surface area contributed by atoms with Crippen LogP contribution in [0.1, 0.15) is 48.9 Å². The number of anilines is 1. The lowest BCUT2D eigenvalue weighted by Crippen LogP contribution is -2.43. The van der Waals surface area contributed by atoms with E-state index in [0.29, 0.717) is 24.8 Å². The molecular weight excluding hydrogens is 502 g/mol. The molecule has 1 aliphatic heterocycles. The molecule has 10 heteroatoms. The normalized spacial score (nSPS) is 17.8. The number of benzene rings is 2. The summed E-state index contributed by atoms with van der Waals surface area (Å²) < 4.78 is 34.8. The number of hydrogen-bond donors (Lipinski definition) is 2. The Hall–Kier alpha value is -2.17. The summed E-state index contributed by atoms with van der Waals surface area (Å²) in [7, 11) is -3.81. The zero-order chi connectivity index (χ0) is 25.5. The highest BCUT2D eigenvalue weighted by molar-refractivity contribution is 7.89. The second kappa shape index (κ2) is 12.4. The van der Waals surface area contributed by atoms with Crippen LogP contribution in [0, 0.1) is 0 Å². The van der Waals surface area contributed by atoms with E-state index in [0.717, 1.165) is 58.2 Å². The number of amides is 1. The van der Waals surface area contributed by atoms with Crippen LogP contribution in [0.3, 0.4) is 0 Å². The lowest BCUT2D eigenvalue weighted by molar-refractivity contribution is 0.0365. The van der Waals surface area contributed by atoms with Gasteiger partial charge in [0.1, 0.15) is 5.75 Å². The monoisotopic (exact) mass is 535 g/mol. The van der Waals surface area contributed by atoms with Gasteiger partial charge in [-0.2, -0.15) is 4.31 Å². The predicted octanol–water partition coefficient (Wildman–Crippen LogP) is 4.34. The van der Waals surface area contributed by atoms with Crippen LogP contribution in [0.2, 0.25) is 5.02 Å². The first-order valence-corrected chi connectivity index (χ1v) is 14.4. The molecule has 1 saturated carbocycles. The topological polar surface area (TPSA) is 99.2 Å². The van der Waals surface area contributed by atoms with Crippen molar-refractivity contribution in [1.29, 1.82) is 0 Å². The number of morpholine rings is 1. The first kappa shape index (κ1) is 26.9. The van der Waals surface area contributed by atoms with E-state index in [-0.39, 0.29) is 27.9 Å². The third kappa shape index (κ3) is 6.77. The largest absolute Gasteiger partial charge is 0.506 e. The average Bonchev–Trinajstić information content (AvgIpc) is 2.90. The summed E-state index contributed by atoms with van der Waals surface area (Å²) in [6.45, 7) is 4.44. The molecule has 1 saturated heterocycles. The average molecular weight is 536 g/mol. The fourth-order valence-electron chi connectivity index (χ4n) is 4.88. The molecule has 196 valence electrons. The Morgan fingerprint density at radius 1 is 1.11 bits per heavy atom. The van der Waals surface area contributed by atoms with Crippen molar-refractivity contribution in [3.05, 3.63) is 53.1 Å². The van der Waals surface area contributed by atoms with Crippen LogP contribution in [0.5, 0.6) is 5.75 Å². The van der Waals surface area contributed by atoms with Gasteiger partial charge in [-0.3, -0.25) is 9.69 Å². The Balaban J connectivity index is 1.52. The molecule has 2 N–H and O–H groups in total. The van der Waals surface area contributed by atoms with Crippen molar-refractivity contribution in [2.24, 2.45) is 0 Å². The van der Waals surface area contributed by atoms with Crippen LogP contribution in [0.4, 0.5) is 5.69 Å². The minimum absolute atomic E-state index is 0.0330. The second-order valence-electron chi connectivity index (χ2n) is 9.36. The van der Waals surface area contributed by atoms with Gasteiger partial charge in [0, 0.05) is 36.3 Å². The number of aromatic hydroxyl groups is 1. The molecule has 8 nitrogen and oxygen atoms in total. The van der Waals surface area contributed by atoms with Crippen molar-refractivity contribution in [3.63, 3.8) is 0 Å². The quantitative estimate of drug-likeness (QED) is 0.463. The number of carbonyl (C=O) groups excluding carboxylic acids is 1. The Kier molecular flexibility index (Phi) is 9.25. The maximum Gasteiger partial charge on any atom is 0.255 e. The number of carbonyl (C=O) groups is 1. The van der Waals surface area contributed by atoms with E-state index in [2.05, 4.69) is 10.2 Å². The maximum atomic E-state index is 13.8. The van der Waals surface area contributed by atoms with Crippen LogP contribution >= 0.6 is 11.6 Å². The van der Waals surface area contributed by atoms with Gasteiger partial charge in [0.25, 0.3) is 5.91 Å². The Morgan fingerprint density at radius 3 is 2.61 bits per heavy atom. The van der Waals surface area contributed by atoms with Crippen molar-refractivity contribution in [3.8, 4) is 5.75 Å². The summed E-state index contributed by atoms with van der Waals surface area (Å²) in [5.41, 5.74) is 0.347. The molecule has 0 unspecified atom stereocenters. The number of ether oxygens (including phenoxy) is 1. The molecule has 1 aliphatic carbocycles. The molecule has 2 aliphatic rings. The summed E-state index contributed by atoms with van der Waals surface area (Å²) in [4.78, 5) is 15.3. The van der Waals surface area contributed by atoms with Crippen LogP contribution in [0.15, 0.2) is 47.4 Å². The molecule has 2 fully saturated rings. The molecule has 0 spiro atoms. The van der Waals surface area contributed by atoms with E-state index in [1.54, 1.807) is 22.5 Å². The van der Waals surface area contributed by atoms with Crippen molar-refractivity contribution < 1.29 is 23.1 Å². The molecule has 2 aromatic carbocycles. The molecule has 1 amide bonds. The van der Waals surface area contributed by atoms with Gasteiger partial charge in [0.2, 0.25) is 10.0 Å². The van der Waals surface area contributed by atoms with E-state index < -0.39 is 15.9 Å². The summed E-state index contributed by atoms with van der Waals surface area (Å²) in [5.74, 6) is -0.651. The number of nitrogens with zero attached hydrogens (tertiary/aromatic N) is 2. The highest BCUT2D eigenvalue weighted by Crippen LogP contribution is 2.30. The lowest BCUT2D eigenvalue weighted by atomic mass is 9.95. The van der Waals surface area contributed by atoms with Gasteiger partial charge in [0.15, 0.2) is 0 Å². The molecule has 0 aromatic heterocycles. The van der Waals surface area contributed by atoms with Crippen LogP contribution in [-0.4, -0.2) is 74.1 Å². The smallest absolute Gasteiger partial charge is 0.255 e. The highest BCUT2D eigenvalue weighted by Gasteiger charge is 2.32. The Bertz CT molecular complexity index is 1150. The van der Waals surface area contributed by atoms with Gasteiger partial charge in [-0.1, -0.05) is 36.9 Å². The van der Waals surface area contributed by atoms with Crippen LogP contribution in [0.25, 0.3) is 0 Å². The van der Waals surface area contributed by atoms with Crippen LogP contribution < -0.4 is 5.32 Å². The number of phenolic OH excluding ortho intramolecular Hbond substituents is 1. The minimum atomic E-state index is -3.81. The molecule has 1 heterocycles. The van der Waals surface area contributed by atoms with Crippen molar-refractivity contribution in [2.45, 2.75) is 49.5 Å².